The van der Waals surface area contributed by atoms with Gasteiger partial charge < -0.3 is 10.4 Å². The van der Waals surface area contributed by atoms with Crippen LogP contribution in [0.15, 0.2) is 0 Å². The maximum atomic E-state index is 11.7. The van der Waals surface area contributed by atoms with Crippen LogP contribution in [0.25, 0.3) is 0 Å². The Kier molecular flexibility index (Phi) is 3.93. The van der Waals surface area contributed by atoms with Gasteiger partial charge in [-0.1, -0.05) is 6.92 Å². The average Bonchev–Trinajstić information content (AvgIpc) is 3.12. The minimum Gasteiger partial charge on any atom is -0.481 e. The summed E-state index contributed by atoms with van der Waals surface area (Å²) < 4.78 is 0. The Bertz CT molecular complexity index is 328. The molecule has 0 radical (unpaired) electrons. The second kappa shape index (κ2) is 5.29. The SMILES string of the molecule is CC1CCC(CNC(=O)CC2CC2)(C(=O)O)CC1. The van der Waals surface area contributed by atoms with Crippen molar-refractivity contribution in [3.05, 3.63) is 0 Å². The zero-order valence-electron chi connectivity index (χ0n) is 11.1. The van der Waals surface area contributed by atoms with Crippen molar-refractivity contribution in [2.24, 2.45) is 17.3 Å². The van der Waals surface area contributed by atoms with Crippen LogP contribution in [0.1, 0.15) is 51.9 Å². The van der Waals surface area contributed by atoms with Crippen molar-refractivity contribution in [3.8, 4) is 0 Å². The van der Waals surface area contributed by atoms with Crippen molar-refractivity contribution in [2.45, 2.75) is 51.9 Å². The molecule has 2 fully saturated rings. The first-order chi connectivity index (χ1) is 8.52. The highest BCUT2D eigenvalue weighted by atomic mass is 16.4. The summed E-state index contributed by atoms with van der Waals surface area (Å²) >= 11 is 0. The summed E-state index contributed by atoms with van der Waals surface area (Å²) in [4.78, 5) is 23.1. The van der Waals surface area contributed by atoms with Gasteiger partial charge in [0.1, 0.15) is 0 Å². The third-order valence-electron chi connectivity index (χ3n) is 4.48. The lowest BCUT2D eigenvalue weighted by atomic mass is 9.71. The molecule has 2 N–H and O–H groups in total. The number of aliphatic carboxylic acids is 1. The molecule has 4 heteroatoms. The first kappa shape index (κ1) is 13.4. The Hall–Kier alpha value is -1.06. The van der Waals surface area contributed by atoms with Gasteiger partial charge in [0, 0.05) is 13.0 Å². The molecule has 0 saturated heterocycles. The van der Waals surface area contributed by atoms with Gasteiger partial charge in [-0.25, -0.2) is 0 Å². The minimum absolute atomic E-state index is 0.0248. The van der Waals surface area contributed by atoms with Crippen LogP contribution in [-0.2, 0) is 9.59 Å². The molecule has 2 aliphatic rings. The fraction of sp³-hybridized carbons (Fsp3) is 0.857. The van der Waals surface area contributed by atoms with E-state index in [2.05, 4.69) is 12.2 Å². The monoisotopic (exact) mass is 253 g/mol. The van der Waals surface area contributed by atoms with E-state index in [4.69, 9.17) is 0 Å². The van der Waals surface area contributed by atoms with Gasteiger partial charge in [0.15, 0.2) is 0 Å². The molecule has 0 bridgehead atoms. The molecule has 0 aliphatic heterocycles. The predicted octanol–water partition coefficient (Wildman–Crippen LogP) is 2.18. The maximum absolute atomic E-state index is 11.7. The van der Waals surface area contributed by atoms with E-state index in [0.29, 0.717) is 37.6 Å². The van der Waals surface area contributed by atoms with Crippen LogP contribution in [0.4, 0.5) is 0 Å². The molecule has 0 heterocycles. The lowest BCUT2D eigenvalue weighted by Gasteiger charge is -2.35. The predicted molar refractivity (Wildman–Crippen MR) is 68.1 cm³/mol. The molecule has 1 amide bonds. The van der Waals surface area contributed by atoms with Gasteiger partial charge in [-0.15, -0.1) is 0 Å². The number of hydrogen-bond donors (Lipinski definition) is 2. The van der Waals surface area contributed by atoms with Crippen LogP contribution >= 0.6 is 0 Å². The molecule has 0 aromatic rings. The van der Waals surface area contributed by atoms with Crippen LogP contribution in [0.3, 0.4) is 0 Å². The Morgan fingerprint density at radius 3 is 2.33 bits per heavy atom. The van der Waals surface area contributed by atoms with E-state index in [1.165, 1.54) is 0 Å². The zero-order chi connectivity index (χ0) is 13.2. The molecule has 2 rings (SSSR count). The van der Waals surface area contributed by atoms with Crippen molar-refractivity contribution in [1.82, 2.24) is 5.32 Å². The molecule has 2 saturated carbocycles. The molecule has 102 valence electrons. The normalized spacial score (nSPS) is 31.9. The van der Waals surface area contributed by atoms with Crippen LogP contribution in [-0.4, -0.2) is 23.5 Å². The number of carboxylic acids is 1. The van der Waals surface area contributed by atoms with Gasteiger partial charge in [-0.2, -0.15) is 0 Å². The molecular formula is C14H23NO3. The van der Waals surface area contributed by atoms with Crippen LogP contribution in [0.5, 0.6) is 0 Å². The highest BCUT2D eigenvalue weighted by molar-refractivity contribution is 5.79. The maximum Gasteiger partial charge on any atom is 0.311 e. The lowest BCUT2D eigenvalue weighted by molar-refractivity contribution is -0.151. The third-order valence-corrected chi connectivity index (χ3v) is 4.48. The number of hydrogen-bond acceptors (Lipinski definition) is 2. The molecule has 0 aromatic carbocycles. The Morgan fingerprint density at radius 2 is 1.83 bits per heavy atom. The van der Waals surface area contributed by atoms with E-state index in [-0.39, 0.29) is 5.91 Å². The number of carbonyl (C=O) groups excluding carboxylic acids is 1. The third kappa shape index (κ3) is 3.24. The highest BCUT2D eigenvalue weighted by Crippen LogP contribution is 2.39. The molecular weight excluding hydrogens is 230 g/mol. The second-order valence-electron chi connectivity index (χ2n) is 6.19. The number of carboxylic acid groups (broad SMARTS) is 1. The minimum atomic E-state index is -0.749. The Balaban J connectivity index is 1.85. The number of nitrogens with one attached hydrogen (secondary N) is 1. The molecule has 0 aromatic heterocycles. The van der Waals surface area contributed by atoms with E-state index in [9.17, 15) is 14.7 Å². The highest BCUT2D eigenvalue weighted by Gasteiger charge is 2.41. The van der Waals surface area contributed by atoms with Crippen LogP contribution in [0, 0.1) is 17.3 Å². The number of amides is 1. The standard InChI is InChI=1S/C14H23NO3/c1-10-4-6-14(7-5-10,13(17)18)9-15-12(16)8-11-2-3-11/h10-11H,2-9H2,1H3,(H,15,16)(H,17,18). The zero-order valence-corrected chi connectivity index (χ0v) is 11.1. The first-order valence-corrected chi connectivity index (χ1v) is 7.02. The quantitative estimate of drug-likeness (QED) is 0.789. The van der Waals surface area contributed by atoms with Gasteiger partial charge in [0.25, 0.3) is 0 Å². The van der Waals surface area contributed by atoms with E-state index >= 15 is 0 Å². The van der Waals surface area contributed by atoms with Crippen molar-refractivity contribution in [1.29, 1.82) is 0 Å². The molecule has 0 spiro atoms. The molecule has 0 unspecified atom stereocenters. The Labute approximate surface area is 108 Å². The van der Waals surface area contributed by atoms with Crippen LogP contribution in [0.2, 0.25) is 0 Å². The fourth-order valence-electron chi connectivity index (χ4n) is 2.71. The van der Waals surface area contributed by atoms with E-state index in [1.807, 2.05) is 0 Å². The smallest absolute Gasteiger partial charge is 0.311 e. The average molecular weight is 253 g/mol. The second-order valence-corrected chi connectivity index (χ2v) is 6.19. The van der Waals surface area contributed by atoms with Crippen molar-refractivity contribution in [2.75, 3.05) is 6.54 Å². The van der Waals surface area contributed by atoms with Gasteiger partial charge in [-0.05, 0) is 50.4 Å². The molecule has 2 aliphatic carbocycles. The summed E-state index contributed by atoms with van der Waals surface area (Å²) in [7, 11) is 0. The van der Waals surface area contributed by atoms with Gasteiger partial charge in [0.2, 0.25) is 5.91 Å². The Morgan fingerprint density at radius 1 is 1.22 bits per heavy atom. The summed E-state index contributed by atoms with van der Waals surface area (Å²) in [6.07, 6.45) is 6.14. The summed E-state index contributed by atoms with van der Waals surface area (Å²) in [5.41, 5.74) is -0.717. The van der Waals surface area contributed by atoms with Crippen molar-refractivity contribution < 1.29 is 14.7 Å². The largest absolute Gasteiger partial charge is 0.481 e. The number of rotatable bonds is 5. The first-order valence-electron chi connectivity index (χ1n) is 7.02. The summed E-state index contributed by atoms with van der Waals surface area (Å²) in [6.45, 7) is 2.47. The van der Waals surface area contributed by atoms with Gasteiger partial charge >= 0.3 is 5.97 Å². The van der Waals surface area contributed by atoms with E-state index in [1.54, 1.807) is 0 Å². The van der Waals surface area contributed by atoms with Crippen molar-refractivity contribution >= 4 is 11.9 Å². The lowest BCUT2D eigenvalue weighted by Crippen LogP contribution is -2.45. The topological polar surface area (TPSA) is 66.4 Å². The summed E-state index contributed by atoms with van der Waals surface area (Å²) in [6, 6.07) is 0. The van der Waals surface area contributed by atoms with Crippen molar-refractivity contribution in [3.63, 3.8) is 0 Å². The molecule has 18 heavy (non-hydrogen) atoms. The summed E-state index contributed by atoms with van der Waals surface area (Å²) in [5, 5.41) is 12.3. The molecule has 4 nitrogen and oxygen atoms in total. The van der Waals surface area contributed by atoms with Gasteiger partial charge in [-0.3, -0.25) is 9.59 Å². The van der Waals surface area contributed by atoms with Gasteiger partial charge in [0.05, 0.1) is 5.41 Å². The fourth-order valence-corrected chi connectivity index (χ4v) is 2.71. The van der Waals surface area contributed by atoms with Crippen LogP contribution < -0.4 is 5.32 Å². The summed E-state index contributed by atoms with van der Waals surface area (Å²) in [5.74, 6) is 0.440. The molecule has 0 atom stereocenters. The van der Waals surface area contributed by atoms with E-state index in [0.717, 1.165) is 25.7 Å². The number of carbonyl (C=O) groups is 2. The van der Waals surface area contributed by atoms with E-state index < -0.39 is 11.4 Å².